The molecule has 3 rings (SSSR count). The van der Waals surface area contributed by atoms with Crippen molar-refractivity contribution in [2.45, 2.75) is 31.3 Å². The van der Waals surface area contributed by atoms with Crippen molar-refractivity contribution in [2.75, 3.05) is 6.54 Å². The molecule has 4 nitrogen and oxygen atoms in total. The largest absolute Gasteiger partial charge is 0.339 e. The summed E-state index contributed by atoms with van der Waals surface area (Å²) in [6, 6.07) is 19.9. The fourth-order valence-electron chi connectivity index (χ4n) is 3.01. The van der Waals surface area contributed by atoms with Crippen molar-refractivity contribution < 1.29 is 4.79 Å². The highest BCUT2D eigenvalue weighted by molar-refractivity contribution is 5.82. The molecule has 1 saturated heterocycles. The first-order valence-corrected chi connectivity index (χ1v) is 8.34. The van der Waals surface area contributed by atoms with Crippen LogP contribution in [-0.2, 0) is 11.2 Å². The van der Waals surface area contributed by atoms with Crippen LogP contribution in [0, 0.1) is 11.3 Å². The van der Waals surface area contributed by atoms with Crippen LogP contribution in [0.2, 0.25) is 0 Å². The number of amides is 1. The number of hydrogen-bond donors (Lipinski definition) is 2. The van der Waals surface area contributed by atoms with Crippen LogP contribution in [0.25, 0.3) is 11.1 Å². The predicted octanol–water partition coefficient (Wildman–Crippen LogP) is 2.66. The van der Waals surface area contributed by atoms with Crippen molar-refractivity contribution in [2.24, 2.45) is 0 Å². The van der Waals surface area contributed by atoms with Gasteiger partial charge in [0.15, 0.2) is 0 Å². The molecule has 0 bridgehead atoms. The Kier molecular flexibility index (Phi) is 5.25. The summed E-state index contributed by atoms with van der Waals surface area (Å²) in [7, 11) is 0. The molecule has 24 heavy (non-hydrogen) atoms. The van der Waals surface area contributed by atoms with Gasteiger partial charge in [0.2, 0.25) is 5.91 Å². The van der Waals surface area contributed by atoms with E-state index >= 15 is 0 Å². The molecule has 1 aliphatic rings. The van der Waals surface area contributed by atoms with Gasteiger partial charge in [-0.3, -0.25) is 4.79 Å². The average Bonchev–Trinajstić information content (AvgIpc) is 3.17. The Morgan fingerprint density at radius 1 is 1.17 bits per heavy atom. The van der Waals surface area contributed by atoms with Crippen molar-refractivity contribution >= 4 is 5.91 Å². The minimum absolute atomic E-state index is 0.0695. The maximum absolute atomic E-state index is 12.1. The Morgan fingerprint density at radius 3 is 2.50 bits per heavy atom. The van der Waals surface area contributed by atoms with Gasteiger partial charge in [-0.25, -0.2) is 0 Å². The first kappa shape index (κ1) is 16.2. The molecular formula is C20H21N3O. The second-order valence-corrected chi connectivity index (χ2v) is 6.11. The molecular weight excluding hydrogens is 298 g/mol. The Morgan fingerprint density at radius 2 is 1.88 bits per heavy atom. The van der Waals surface area contributed by atoms with E-state index in [4.69, 9.17) is 0 Å². The zero-order valence-electron chi connectivity index (χ0n) is 13.5. The van der Waals surface area contributed by atoms with E-state index in [-0.39, 0.29) is 11.9 Å². The maximum Gasteiger partial charge on any atom is 0.238 e. The van der Waals surface area contributed by atoms with Crippen LogP contribution >= 0.6 is 0 Å². The lowest BCUT2D eigenvalue weighted by molar-refractivity contribution is -0.123. The summed E-state index contributed by atoms with van der Waals surface area (Å²) in [6.07, 6.45) is 2.37. The monoisotopic (exact) mass is 319 g/mol. The number of nitrogens with zero attached hydrogens (tertiary/aromatic N) is 1. The number of benzene rings is 2. The van der Waals surface area contributed by atoms with Crippen molar-refractivity contribution in [3.05, 3.63) is 60.2 Å². The van der Waals surface area contributed by atoms with Crippen molar-refractivity contribution in [3.63, 3.8) is 0 Å². The zero-order valence-corrected chi connectivity index (χ0v) is 13.5. The number of rotatable bonds is 5. The van der Waals surface area contributed by atoms with Crippen LogP contribution in [0.3, 0.4) is 0 Å². The van der Waals surface area contributed by atoms with Crippen LogP contribution in [0.4, 0.5) is 0 Å². The summed E-state index contributed by atoms with van der Waals surface area (Å²) in [4.78, 5) is 12.1. The fourth-order valence-corrected chi connectivity index (χ4v) is 3.01. The predicted molar refractivity (Wildman–Crippen MR) is 94.2 cm³/mol. The maximum atomic E-state index is 12.1. The summed E-state index contributed by atoms with van der Waals surface area (Å²) >= 11 is 0. The molecule has 4 heteroatoms. The molecule has 2 aromatic rings. The van der Waals surface area contributed by atoms with Crippen LogP contribution in [0.5, 0.6) is 0 Å². The second kappa shape index (κ2) is 7.76. The molecule has 0 spiro atoms. The van der Waals surface area contributed by atoms with Gasteiger partial charge in [0.1, 0.15) is 6.04 Å². The first-order chi connectivity index (χ1) is 11.8. The zero-order chi connectivity index (χ0) is 16.8. The van der Waals surface area contributed by atoms with E-state index in [1.807, 2.05) is 30.3 Å². The Bertz CT molecular complexity index is 713. The third-order valence-corrected chi connectivity index (χ3v) is 4.35. The first-order valence-electron chi connectivity index (χ1n) is 8.34. The van der Waals surface area contributed by atoms with E-state index in [1.165, 1.54) is 5.56 Å². The van der Waals surface area contributed by atoms with Gasteiger partial charge in [-0.05, 0) is 36.1 Å². The standard InChI is InChI=1S/C20H21N3O/c21-14-18(23-20(24)19-7-4-12-22-19)13-15-8-10-17(11-9-15)16-5-2-1-3-6-16/h1-3,5-6,8-11,18-19,22H,4,7,12-13H2,(H,23,24). The molecule has 2 N–H and O–H groups in total. The topological polar surface area (TPSA) is 64.9 Å². The molecule has 2 unspecified atom stereocenters. The van der Waals surface area contributed by atoms with E-state index in [9.17, 15) is 10.1 Å². The summed E-state index contributed by atoms with van der Waals surface area (Å²) in [5.41, 5.74) is 3.36. The SMILES string of the molecule is N#CC(Cc1ccc(-c2ccccc2)cc1)NC(=O)C1CCCN1. The van der Waals surface area contributed by atoms with Crippen molar-refractivity contribution in [3.8, 4) is 17.2 Å². The van der Waals surface area contributed by atoms with Crippen molar-refractivity contribution in [1.29, 1.82) is 5.26 Å². The minimum atomic E-state index is -0.498. The number of nitrogens with one attached hydrogen (secondary N) is 2. The molecule has 1 amide bonds. The highest BCUT2D eigenvalue weighted by atomic mass is 16.2. The lowest BCUT2D eigenvalue weighted by Gasteiger charge is -2.15. The van der Waals surface area contributed by atoms with Gasteiger partial charge >= 0.3 is 0 Å². The molecule has 2 aromatic carbocycles. The van der Waals surface area contributed by atoms with Gasteiger partial charge < -0.3 is 10.6 Å². The Labute approximate surface area is 142 Å². The smallest absolute Gasteiger partial charge is 0.238 e. The van der Waals surface area contributed by atoms with E-state index in [0.717, 1.165) is 30.5 Å². The third kappa shape index (κ3) is 4.01. The van der Waals surface area contributed by atoms with E-state index in [2.05, 4.69) is 41.0 Å². The minimum Gasteiger partial charge on any atom is -0.339 e. The quantitative estimate of drug-likeness (QED) is 0.890. The molecule has 122 valence electrons. The number of nitriles is 1. The molecule has 0 aliphatic carbocycles. The van der Waals surface area contributed by atoms with Gasteiger partial charge in [-0.2, -0.15) is 5.26 Å². The van der Waals surface area contributed by atoms with Crippen LogP contribution in [0.1, 0.15) is 18.4 Å². The summed E-state index contributed by atoms with van der Waals surface area (Å²) < 4.78 is 0. The third-order valence-electron chi connectivity index (χ3n) is 4.35. The summed E-state index contributed by atoms with van der Waals surface area (Å²) in [6.45, 7) is 0.871. The number of hydrogen-bond acceptors (Lipinski definition) is 3. The van der Waals surface area contributed by atoms with Gasteiger partial charge in [-0.15, -0.1) is 0 Å². The summed E-state index contributed by atoms with van der Waals surface area (Å²) in [5, 5.41) is 15.3. The van der Waals surface area contributed by atoms with Crippen LogP contribution in [-0.4, -0.2) is 24.5 Å². The van der Waals surface area contributed by atoms with Gasteiger partial charge in [0.25, 0.3) is 0 Å². The lowest BCUT2D eigenvalue weighted by atomic mass is 10.0. The van der Waals surface area contributed by atoms with E-state index in [1.54, 1.807) is 0 Å². The normalized spacial score (nSPS) is 17.9. The van der Waals surface area contributed by atoms with Crippen LogP contribution in [0.15, 0.2) is 54.6 Å². The molecule has 2 atom stereocenters. The molecule has 1 fully saturated rings. The average molecular weight is 319 g/mol. The molecule has 1 heterocycles. The Hall–Kier alpha value is -2.64. The second-order valence-electron chi connectivity index (χ2n) is 6.11. The van der Waals surface area contributed by atoms with Gasteiger partial charge in [-0.1, -0.05) is 54.6 Å². The van der Waals surface area contributed by atoms with Gasteiger partial charge in [0.05, 0.1) is 12.1 Å². The summed E-state index contributed by atoms with van der Waals surface area (Å²) in [5.74, 6) is -0.0695. The number of carbonyl (C=O) groups excluding carboxylic acids is 1. The molecule has 0 saturated carbocycles. The lowest BCUT2D eigenvalue weighted by Crippen LogP contribution is -2.45. The molecule has 0 radical (unpaired) electrons. The van der Waals surface area contributed by atoms with Gasteiger partial charge in [0, 0.05) is 6.42 Å². The van der Waals surface area contributed by atoms with Crippen LogP contribution < -0.4 is 10.6 Å². The number of carbonyl (C=O) groups is 1. The molecule has 1 aliphatic heterocycles. The van der Waals surface area contributed by atoms with Crippen molar-refractivity contribution in [1.82, 2.24) is 10.6 Å². The highest BCUT2D eigenvalue weighted by Crippen LogP contribution is 2.19. The van der Waals surface area contributed by atoms with E-state index < -0.39 is 6.04 Å². The Balaban J connectivity index is 1.61. The highest BCUT2D eigenvalue weighted by Gasteiger charge is 2.24. The molecule has 0 aromatic heterocycles. The fraction of sp³-hybridized carbons (Fsp3) is 0.300. The van der Waals surface area contributed by atoms with E-state index in [0.29, 0.717) is 6.42 Å².